The minimum atomic E-state index is -3.64. The van der Waals surface area contributed by atoms with Gasteiger partial charge in [0, 0.05) is 23.1 Å². The average Bonchev–Trinajstić information content (AvgIpc) is 3.13. The van der Waals surface area contributed by atoms with Gasteiger partial charge in [0.05, 0.1) is 10.9 Å². The second-order valence-electron chi connectivity index (χ2n) is 7.55. The standard InChI is InChI=1S/C24H22N2O2S/c1-17-11-13-18(14-12-17)24-23-21(20-9-5-6-10-22(20)25-23)15-16-26(24)29(27,28)19-7-3-2-4-8-19/h2-14,24-25H,15-16H2,1H3. The lowest BCUT2D eigenvalue weighted by Gasteiger charge is -2.35. The van der Waals surface area contributed by atoms with Crippen LogP contribution in [0.2, 0.25) is 0 Å². The molecule has 0 saturated carbocycles. The molecule has 0 saturated heterocycles. The van der Waals surface area contributed by atoms with Gasteiger partial charge in [0.2, 0.25) is 10.0 Å². The largest absolute Gasteiger partial charge is 0.357 e. The van der Waals surface area contributed by atoms with Crippen molar-refractivity contribution < 1.29 is 8.42 Å². The van der Waals surface area contributed by atoms with Crippen LogP contribution >= 0.6 is 0 Å². The molecule has 29 heavy (non-hydrogen) atoms. The van der Waals surface area contributed by atoms with Crippen LogP contribution in [0, 0.1) is 6.92 Å². The number of benzene rings is 3. The summed E-state index contributed by atoms with van der Waals surface area (Å²) >= 11 is 0. The van der Waals surface area contributed by atoms with E-state index >= 15 is 0 Å². The Hall–Kier alpha value is -2.89. The van der Waals surface area contributed by atoms with E-state index in [1.807, 2.05) is 49.4 Å². The van der Waals surface area contributed by atoms with Crippen LogP contribution in [0.15, 0.2) is 83.8 Å². The van der Waals surface area contributed by atoms with Crippen LogP contribution in [-0.4, -0.2) is 24.3 Å². The maximum Gasteiger partial charge on any atom is 0.244 e. The summed E-state index contributed by atoms with van der Waals surface area (Å²) in [5.41, 5.74) is 5.36. The van der Waals surface area contributed by atoms with Crippen LogP contribution in [0.4, 0.5) is 0 Å². The zero-order chi connectivity index (χ0) is 20.0. The normalized spacial score (nSPS) is 17.3. The molecule has 5 heteroatoms. The number of nitrogens with one attached hydrogen (secondary N) is 1. The zero-order valence-electron chi connectivity index (χ0n) is 16.2. The summed E-state index contributed by atoms with van der Waals surface area (Å²) in [4.78, 5) is 3.86. The first-order valence-electron chi connectivity index (χ1n) is 9.78. The third-order valence-corrected chi connectivity index (χ3v) is 7.61. The molecule has 0 aliphatic carbocycles. The molecular weight excluding hydrogens is 380 g/mol. The summed E-state index contributed by atoms with van der Waals surface area (Å²) in [6, 6.07) is 24.7. The van der Waals surface area contributed by atoms with E-state index in [4.69, 9.17) is 0 Å². The number of para-hydroxylation sites is 1. The number of hydrogen-bond donors (Lipinski definition) is 1. The molecular formula is C24H22N2O2S. The Morgan fingerprint density at radius 2 is 1.59 bits per heavy atom. The summed E-state index contributed by atoms with van der Waals surface area (Å²) in [5.74, 6) is 0. The van der Waals surface area contributed by atoms with E-state index in [1.165, 1.54) is 10.9 Å². The summed E-state index contributed by atoms with van der Waals surface area (Å²) in [7, 11) is -3.64. The highest BCUT2D eigenvalue weighted by Crippen LogP contribution is 2.41. The van der Waals surface area contributed by atoms with Crippen LogP contribution in [0.25, 0.3) is 10.9 Å². The number of hydrogen-bond acceptors (Lipinski definition) is 2. The van der Waals surface area contributed by atoms with Gasteiger partial charge in [-0.2, -0.15) is 4.31 Å². The van der Waals surface area contributed by atoms with Crippen molar-refractivity contribution in [1.29, 1.82) is 0 Å². The first-order chi connectivity index (χ1) is 14.1. The lowest BCUT2D eigenvalue weighted by atomic mass is 9.94. The van der Waals surface area contributed by atoms with Crippen LogP contribution in [0.5, 0.6) is 0 Å². The van der Waals surface area contributed by atoms with E-state index in [0.717, 1.165) is 22.3 Å². The number of aromatic nitrogens is 1. The minimum absolute atomic E-state index is 0.330. The number of aromatic amines is 1. The van der Waals surface area contributed by atoms with E-state index in [0.29, 0.717) is 17.9 Å². The fourth-order valence-electron chi connectivity index (χ4n) is 4.29. The van der Waals surface area contributed by atoms with Crippen molar-refractivity contribution in [3.05, 3.63) is 101 Å². The third-order valence-electron chi connectivity index (χ3n) is 5.73. The average molecular weight is 403 g/mol. The Kier molecular flexibility index (Phi) is 4.30. The Morgan fingerprint density at radius 3 is 2.34 bits per heavy atom. The quantitative estimate of drug-likeness (QED) is 0.534. The van der Waals surface area contributed by atoms with Crippen molar-refractivity contribution in [3.63, 3.8) is 0 Å². The van der Waals surface area contributed by atoms with Crippen molar-refractivity contribution in [2.75, 3.05) is 6.54 Å². The summed E-state index contributed by atoms with van der Waals surface area (Å²) in [6.45, 7) is 2.49. The maximum absolute atomic E-state index is 13.6. The highest BCUT2D eigenvalue weighted by atomic mass is 32.2. The van der Waals surface area contributed by atoms with Gasteiger partial charge in [-0.1, -0.05) is 66.2 Å². The topological polar surface area (TPSA) is 53.2 Å². The molecule has 146 valence electrons. The van der Waals surface area contributed by atoms with Gasteiger partial charge in [-0.15, -0.1) is 0 Å². The lowest BCUT2D eigenvalue weighted by molar-refractivity contribution is 0.340. The molecule has 1 N–H and O–H groups in total. The molecule has 0 spiro atoms. The predicted octanol–water partition coefficient (Wildman–Crippen LogP) is 4.81. The molecule has 1 unspecified atom stereocenters. The second-order valence-corrected chi connectivity index (χ2v) is 9.45. The third kappa shape index (κ3) is 2.98. The molecule has 1 aliphatic rings. The van der Waals surface area contributed by atoms with E-state index in [9.17, 15) is 8.42 Å². The SMILES string of the molecule is Cc1ccc(C2c3[nH]c4ccccc4c3CCN2S(=O)(=O)c2ccccc2)cc1. The van der Waals surface area contributed by atoms with Crippen molar-refractivity contribution in [2.24, 2.45) is 0 Å². The number of fused-ring (bicyclic) bond motifs is 3. The van der Waals surface area contributed by atoms with Crippen molar-refractivity contribution in [2.45, 2.75) is 24.3 Å². The number of nitrogens with zero attached hydrogens (tertiary/aromatic N) is 1. The first kappa shape index (κ1) is 18.2. The molecule has 0 fully saturated rings. The summed E-state index contributed by atoms with van der Waals surface area (Å²) in [5, 5.41) is 1.18. The summed E-state index contributed by atoms with van der Waals surface area (Å²) < 4.78 is 28.8. The number of H-pyrrole nitrogens is 1. The molecule has 0 bridgehead atoms. The van der Waals surface area contributed by atoms with Crippen LogP contribution < -0.4 is 0 Å². The zero-order valence-corrected chi connectivity index (χ0v) is 17.0. The molecule has 4 aromatic rings. The molecule has 0 amide bonds. The molecule has 0 radical (unpaired) electrons. The fourth-order valence-corrected chi connectivity index (χ4v) is 5.90. The molecule has 4 nitrogen and oxygen atoms in total. The first-order valence-corrected chi connectivity index (χ1v) is 11.2. The number of aryl methyl sites for hydroxylation is 1. The minimum Gasteiger partial charge on any atom is -0.357 e. The van der Waals surface area contributed by atoms with Crippen molar-refractivity contribution in [3.8, 4) is 0 Å². The smallest absolute Gasteiger partial charge is 0.244 e. The molecule has 1 atom stereocenters. The molecule has 3 aromatic carbocycles. The van der Waals surface area contributed by atoms with Gasteiger partial charge in [-0.3, -0.25) is 0 Å². The van der Waals surface area contributed by atoms with Gasteiger partial charge >= 0.3 is 0 Å². The maximum atomic E-state index is 13.6. The van der Waals surface area contributed by atoms with Crippen molar-refractivity contribution in [1.82, 2.24) is 9.29 Å². The van der Waals surface area contributed by atoms with E-state index < -0.39 is 10.0 Å². The molecule has 2 heterocycles. The Bertz CT molecular complexity index is 1280. The second kappa shape index (κ2) is 6.87. The Labute approximate surface area is 170 Å². The van der Waals surface area contributed by atoms with Gasteiger partial charge in [-0.05, 0) is 42.7 Å². The number of rotatable bonds is 3. The van der Waals surface area contributed by atoms with Crippen LogP contribution in [-0.2, 0) is 16.4 Å². The van der Waals surface area contributed by atoms with Gasteiger partial charge in [-0.25, -0.2) is 8.42 Å². The van der Waals surface area contributed by atoms with Gasteiger partial charge in [0.1, 0.15) is 0 Å². The van der Waals surface area contributed by atoms with Gasteiger partial charge in [0.25, 0.3) is 0 Å². The molecule has 5 rings (SSSR count). The Balaban J connectivity index is 1.72. The van der Waals surface area contributed by atoms with Gasteiger partial charge in [0.15, 0.2) is 0 Å². The van der Waals surface area contributed by atoms with Crippen LogP contribution in [0.3, 0.4) is 0 Å². The van der Waals surface area contributed by atoms with E-state index in [1.54, 1.807) is 28.6 Å². The van der Waals surface area contributed by atoms with Gasteiger partial charge < -0.3 is 4.98 Å². The van der Waals surface area contributed by atoms with E-state index in [-0.39, 0.29) is 6.04 Å². The van der Waals surface area contributed by atoms with E-state index in [2.05, 4.69) is 17.1 Å². The fraction of sp³-hybridized carbons (Fsp3) is 0.167. The summed E-state index contributed by atoms with van der Waals surface area (Å²) in [6.07, 6.45) is 0.688. The molecule has 1 aromatic heterocycles. The van der Waals surface area contributed by atoms with Crippen LogP contribution in [0.1, 0.15) is 28.4 Å². The Morgan fingerprint density at radius 1 is 0.897 bits per heavy atom. The highest BCUT2D eigenvalue weighted by molar-refractivity contribution is 7.89. The lowest BCUT2D eigenvalue weighted by Crippen LogP contribution is -2.40. The molecule has 1 aliphatic heterocycles. The van der Waals surface area contributed by atoms with Crippen molar-refractivity contribution >= 4 is 20.9 Å². The monoisotopic (exact) mass is 402 g/mol. The highest BCUT2D eigenvalue weighted by Gasteiger charge is 2.39. The predicted molar refractivity (Wildman–Crippen MR) is 115 cm³/mol. The number of sulfonamides is 1.